The molecule has 170 valence electrons. The summed E-state index contributed by atoms with van der Waals surface area (Å²) < 4.78 is 61.4. The highest BCUT2D eigenvalue weighted by Gasteiger charge is 2.59. The smallest absolute Gasteiger partial charge is 0.475 e. The zero-order valence-corrected chi connectivity index (χ0v) is 17.2. The molecule has 2 saturated heterocycles. The van der Waals surface area contributed by atoms with Gasteiger partial charge in [-0.2, -0.15) is 13.2 Å². The van der Waals surface area contributed by atoms with Crippen molar-refractivity contribution in [2.75, 3.05) is 31.1 Å². The molecule has 4 heterocycles. The molecule has 2 aromatic rings. The number of thiophene rings is 1. The maximum Gasteiger partial charge on any atom is 0.490 e. The van der Waals surface area contributed by atoms with Gasteiger partial charge in [-0.25, -0.2) is 18.6 Å². The van der Waals surface area contributed by atoms with E-state index in [1.165, 1.54) is 4.88 Å². The summed E-state index contributed by atoms with van der Waals surface area (Å²) in [6.07, 6.45) is 0.226. The van der Waals surface area contributed by atoms with Crippen LogP contribution < -0.4 is 4.90 Å². The van der Waals surface area contributed by atoms with Gasteiger partial charge in [-0.3, -0.25) is 9.88 Å². The van der Waals surface area contributed by atoms with E-state index < -0.39 is 23.5 Å². The molecule has 0 aromatic carbocycles. The predicted molar refractivity (Wildman–Crippen MR) is 104 cm³/mol. The number of likely N-dealkylation sites (tertiary alicyclic amines) is 1. The van der Waals surface area contributed by atoms with Crippen LogP contribution in [0.5, 0.6) is 0 Å². The summed E-state index contributed by atoms with van der Waals surface area (Å²) in [5, 5.41) is 9.16. The third-order valence-electron chi connectivity index (χ3n) is 5.47. The van der Waals surface area contributed by atoms with E-state index in [0.29, 0.717) is 38.4 Å². The fourth-order valence-electron chi connectivity index (χ4n) is 3.89. The molecule has 2 aliphatic heterocycles. The van der Waals surface area contributed by atoms with Crippen molar-refractivity contribution in [2.45, 2.75) is 31.5 Å². The average Bonchev–Trinajstić information content (AvgIpc) is 3.37. The molecule has 1 N–H and O–H groups in total. The number of rotatable bonds is 3. The van der Waals surface area contributed by atoms with Gasteiger partial charge in [-0.1, -0.05) is 6.07 Å². The van der Waals surface area contributed by atoms with Crippen molar-refractivity contribution in [1.29, 1.82) is 0 Å². The summed E-state index contributed by atoms with van der Waals surface area (Å²) in [7, 11) is 0. The van der Waals surface area contributed by atoms with E-state index in [0.717, 1.165) is 6.54 Å². The standard InChI is InChI=1S/C17H20F2N4S.C2HF3O2/c18-17(19)4-7-22(11-14-2-1-9-24-14)12-16(17)3-8-23(13-16)15-10-20-5-6-21-15;3-2(4,5)1(6)7/h1-2,5-6,9-10H,3-4,7-8,11-13H2;(H,6,7). The number of alkyl halides is 5. The third kappa shape index (κ3) is 5.48. The molecule has 6 nitrogen and oxygen atoms in total. The van der Waals surface area contributed by atoms with Gasteiger partial charge < -0.3 is 10.0 Å². The van der Waals surface area contributed by atoms with Gasteiger partial charge in [-0.15, -0.1) is 11.3 Å². The zero-order chi connectivity index (χ0) is 22.7. The number of carboxylic acid groups (broad SMARTS) is 1. The number of piperidine rings is 1. The van der Waals surface area contributed by atoms with E-state index in [-0.39, 0.29) is 6.42 Å². The number of hydrogen-bond donors (Lipinski definition) is 1. The number of nitrogens with zero attached hydrogens (tertiary/aromatic N) is 4. The molecule has 4 rings (SSSR count). The first-order valence-electron chi connectivity index (χ1n) is 9.46. The van der Waals surface area contributed by atoms with Crippen LogP contribution in [0.4, 0.5) is 27.8 Å². The van der Waals surface area contributed by atoms with Crippen LogP contribution in [0.2, 0.25) is 0 Å². The molecule has 2 aromatic heterocycles. The van der Waals surface area contributed by atoms with Crippen molar-refractivity contribution >= 4 is 23.1 Å². The minimum atomic E-state index is -5.08. The van der Waals surface area contributed by atoms with Gasteiger partial charge in [0.15, 0.2) is 0 Å². The normalized spacial score (nSPS) is 23.5. The van der Waals surface area contributed by atoms with Crippen LogP contribution in [0.1, 0.15) is 17.7 Å². The Hall–Kier alpha value is -2.34. The quantitative estimate of drug-likeness (QED) is 0.695. The van der Waals surface area contributed by atoms with Gasteiger partial charge in [0, 0.05) is 56.4 Å². The Morgan fingerprint density at radius 3 is 2.52 bits per heavy atom. The minimum Gasteiger partial charge on any atom is -0.475 e. The summed E-state index contributed by atoms with van der Waals surface area (Å²) in [4.78, 5) is 22.6. The van der Waals surface area contributed by atoms with Crippen molar-refractivity contribution in [3.8, 4) is 0 Å². The van der Waals surface area contributed by atoms with Gasteiger partial charge in [0.2, 0.25) is 0 Å². The number of hydrogen-bond acceptors (Lipinski definition) is 6. The molecule has 0 amide bonds. The van der Waals surface area contributed by atoms with E-state index in [4.69, 9.17) is 9.90 Å². The molecule has 0 aliphatic carbocycles. The summed E-state index contributed by atoms with van der Waals surface area (Å²) in [6, 6.07) is 4.09. The molecule has 12 heteroatoms. The Labute approximate surface area is 179 Å². The number of aliphatic carboxylic acids is 1. The molecule has 1 spiro atoms. The second-order valence-corrected chi connectivity index (χ2v) is 8.60. The van der Waals surface area contributed by atoms with Crippen LogP contribution in [-0.4, -0.2) is 64.2 Å². The first-order chi connectivity index (χ1) is 14.5. The van der Waals surface area contributed by atoms with Gasteiger partial charge in [0.1, 0.15) is 5.82 Å². The topological polar surface area (TPSA) is 69.6 Å². The Bertz CT molecular complexity index is 866. The van der Waals surface area contributed by atoms with Crippen molar-refractivity contribution in [1.82, 2.24) is 14.9 Å². The first-order valence-corrected chi connectivity index (χ1v) is 10.3. The van der Waals surface area contributed by atoms with Gasteiger partial charge >= 0.3 is 12.1 Å². The van der Waals surface area contributed by atoms with E-state index in [1.54, 1.807) is 29.9 Å². The molecule has 2 aliphatic rings. The summed E-state index contributed by atoms with van der Waals surface area (Å²) in [6.45, 7) is 2.62. The number of aromatic nitrogens is 2. The second-order valence-electron chi connectivity index (χ2n) is 7.56. The minimum absolute atomic E-state index is 0.0628. The molecular formula is C19H21F5N4O2S. The number of carboxylic acids is 1. The zero-order valence-electron chi connectivity index (χ0n) is 16.4. The van der Waals surface area contributed by atoms with E-state index >= 15 is 0 Å². The number of anilines is 1. The summed E-state index contributed by atoms with van der Waals surface area (Å²) in [5.41, 5.74) is -0.986. The monoisotopic (exact) mass is 464 g/mol. The molecule has 31 heavy (non-hydrogen) atoms. The highest BCUT2D eigenvalue weighted by molar-refractivity contribution is 7.09. The Kier molecular flexibility index (Phi) is 6.79. The molecular weight excluding hydrogens is 443 g/mol. The van der Waals surface area contributed by atoms with Crippen molar-refractivity contribution in [3.63, 3.8) is 0 Å². The SMILES string of the molecule is FC1(F)CCN(Cc2cccs2)CC12CCN(c1cnccn1)C2.O=C(O)C(F)(F)F. The maximum absolute atomic E-state index is 14.8. The van der Waals surface area contributed by atoms with E-state index in [2.05, 4.69) is 20.9 Å². The van der Waals surface area contributed by atoms with Crippen molar-refractivity contribution in [3.05, 3.63) is 41.0 Å². The van der Waals surface area contributed by atoms with Gasteiger partial charge in [0.25, 0.3) is 5.92 Å². The molecule has 0 radical (unpaired) electrons. The van der Waals surface area contributed by atoms with Crippen LogP contribution >= 0.6 is 11.3 Å². The maximum atomic E-state index is 14.8. The van der Waals surface area contributed by atoms with Crippen molar-refractivity contribution in [2.24, 2.45) is 5.41 Å². The molecule has 0 bridgehead atoms. The predicted octanol–water partition coefficient (Wildman–Crippen LogP) is 3.91. The number of carbonyl (C=O) groups is 1. The molecule has 2 fully saturated rings. The fraction of sp³-hybridized carbons (Fsp3) is 0.526. The lowest BCUT2D eigenvalue weighted by Gasteiger charge is -2.45. The van der Waals surface area contributed by atoms with Crippen LogP contribution in [0.3, 0.4) is 0 Å². The Morgan fingerprint density at radius 2 is 1.94 bits per heavy atom. The van der Waals surface area contributed by atoms with Crippen LogP contribution in [0.15, 0.2) is 36.1 Å². The van der Waals surface area contributed by atoms with Crippen LogP contribution in [0, 0.1) is 5.41 Å². The third-order valence-corrected chi connectivity index (χ3v) is 6.33. The van der Waals surface area contributed by atoms with Crippen LogP contribution in [0.25, 0.3) is 0 Å². The van der Waals surface area contributed by atoms with Gasteiger partial charge in [-0.05, 0) is 17.9 Å². The Balaban J connectivity index is 0.000000339. The second kappa shape index (κ2) is 9.03. The molecule has 1 atom stereocenters. The lowest BCUT2D eigenvalue weighted by atomic mass is 9.75. The van der Waals surface area contributed by atoms with E-state index in [9.17, 15) is 22.0 Å². The number of halogens is 5. The lowest BCUT2D eigenvalue weighted by molar-refractivity contribution is -0.192. The summed E-state index contributed by atoms with van der Waals surface area (Å²) >= 11 is 1.69. The van der Waals surface area contributed by atoms with Crippen molar-refractivity contribution < 1.29 is 31.9 Å². The highest BCUT2D eigenvalue weighted by atomic mass is 32.1. The van der Waals surface area contributed by atoms with Gasteiger partial charge in [0.05, 0.1) is 11.6 Å². The average molecular weight is 464 g/mol. The largest absolute Gasteiger partial charge is 0.490 e. The van der Waals surface area contributed by atoms with E-state index in [1.807, 2.05) is 16.3 Å². The molecule has 0 saturated carbocycles. The highest BCUT2D eigenvalue weighted by Crippen LogP contribution is 2.50. The Morgan fingerprint density at radius 1 is 1.19 bits per heavy atom. The fourth-order valence-corrected chi connectivity index (χ4v) is 4.64. The first kappa shape index (κ1) is 23.3. The molecule has 1 unspecified atom stereocenters. The summed E-state index contributed by atoms with van der Waals surface area (Å²) in [5.74, 6) is -4.69. The van der Waals surface area contributed by atoms with Crippen LogP contribution in [-0.2, 0) is 11.3 Å². The lowest BCUT2D eigenvalue weighted by Crippen LogP contribution is -2.56.